The second-order valence-corrected chi connectivity index (χ2v) is 8.00. The van der Waals surface area contributed by atoms with Crippen molar-refractivity contribution in [1.82, 2.24) is 20.5 Å². The van der Waals surface area contributed by atoms with Crippen LogP contribution in [0.15, 0.2) is 18.3 Å². The van der Waals surface area contributed by atoms with Crippen molar-refractivity contribution in [2.45, 2.75) is 44.1 Å². The van der Waals surface area contributed by atoms with Crippen LogP contribution in [-0.2, 0) is 14.4 Å². The number of hydrogen-bond donors (Lipinski definition) is 3. The molecule has 1 saturated carbocycles. The first-order valence-corrected chi connectivity index (χ1v) is 10.4. The fourth-order valence-electron chi connectivity index (χ4n) is 4.30. The number of imide groups is 1. The summed E-state index contributed by atoms with van der Waals surface area (Å²) in [6.45, 7) is 1.77. The Morgan fingerprint density at radius 1 is 1.20 bits per heavy atom. The van der Waals surface area contributed by atoms with Crippen LogP contribution in [0, 0.1) is 0 Å². The van der Waals surface area contributed by atoms with Crippen molar-refractivity contribution in [3.8, 4) is 0 Å². The molecule has 5 amide bonds. The highest BCUT2D eigenvalue weighted by molar-refractivity contribution is 6.07. The first kappa shape index (κ1) is 20.1. The van der Waals surface area contributed by atoms with Gasteiger partial charge in [0, 0.05) is 26.1 Å². The highest BCUT2D eigenvalue weighted by atomic mass is 16.2. The Morgan fingerprint density at radius 2 is 2.00 bits per heavy atom. The van der Waals surface area contributed by atoms with Crippen molar-refractivity contribution >= 4 is 35.3 Å². The predicted octanol–water partition coefficient (Wildman–Crippen LogP) is 0.601. The lowest BCUT2D eigenvalue weighted by Crippen LogP contribution is -2.48. The minimum atomic E-state index is -0.707. The van der Waals surface area contributed by atoms with Gasteiger partial charge in [0.2, 0.25) is 11.8 Å². The van der Waals surface area contributed by atoms with Gasteiger partial charge in [0.15, 0.2) is 0 Å². The number of amides is 5. The van der Waals surface area contributed by atoms with Crippen molar-refractivity contribution in [1.29, 1.82) is 0 Å². The highest BCUT2D eigenvalue weighted by Crippen LogP contribution is 2.35. The first-order valence-electron chi connectivity index (χ1n) is 10.4. The average Bonchev–Trinajstić information content (AvgIpc) is 3.29. The van der Waals surface area contributed by atoms with Crippen molar-refractivity contribution in [2.75, 3.05) is 36.4 Å². The summed E-state index contributed by atoms with van der Waals surface area (Å²) in [6.07, 6.45) is 5.42. The van der Waals surface area contributed by atoms with Crippen LogP contribution in [0.2, 0.25) is 0 Å². The molecule has 1 spiro atoms. The zero-order chi connectivity index (χ0) is 21.1. The lowest BCUT2D eigenvalue weighted by atomic mass is 9.98. The van der Waals surface area contributed by atoms with Crippen LogP contribution in [0.1, 0.15) is 38.5 Å². The van der Waals surface area contributed by atoms with Crippen LogP contribution in [0.5, 0.6) is 0 Å². The lowest BCUT2D eigenvalue weighted by molar-refractivity contribution is -0.131. The van der Waals surface area contributed by atoms with Gasteiger partial charge in [0.05, 0.1) is 18.4 Å². The number of carbonyl (C=O) groups is 4. The summed E-state index contributed by atoms with van der Waals surface area (Å²) in [7, 11) is 0. The van der Waals surface area contributed by atoms with Crippen molar-refractivity contribution < 1.29 is 19.2 Å². The standard InChI is InChI=1S/C20H26N6O4/c27-16(4-3-10-26-18(29)20(24-19(26)30)7-1-2-8-20)23-14-5-6-15(22-12-14)25-11-9-21-17(28)13-25/h5-6,12H,1-4,7-11,13H2,(H,21,28)(H,23,27)(H,24,30). The van der Waals surface area contributed by atoms with Crippen molar-refractivity contribution in [3.63, 3.8) is 0 Å². The molecule has 0 bridgehead atoms. The Labute approximate surface area is 174 Å². The zero-order valence-electron chi connectivity index (χ0n) is 16.8. The van der Waals surface area contributed by atoms with E-state index in [1.807, 2.05) is 4.90 Å². The number of hydrogen-bond acceptors (Lipinski definition) is 6. The number of rotatable bonds is 6. The zero-order valence-corrected chi connectivity index (χ0v) is 16.8. The van der Waals surface area contributed by atoms with E-state index in [2.05, 4.69) is 20.9 Å². The monoisotopic (exact) mass is 414 g/mol. The summed E-state index contributed by atoms with van der Waals surface area (Å²) >= 11 is 0. The quantitative estimate of drug-likeness (QED) is 0.586. The van der Waals surface area contributed by atoms with E-state index in [4.69, 9.17) is 0 Å². The second kappa shape index (κ2) is 8.29. The summed E-state index contributed by atoms with van der Waals surface area (Å²) in [6, 6.07) is 3.16. The van der Waals surface area contributed by atoms with Gasteiger partial charge in [0.25, 0.3) is 5.91 Å². The molecular formula is C20H26N6O4. The molecule has 1 aromatic heterocycles. The average molecular weight is 414 g/mol. The largest absolute Gasteiger partial charge is 0.353 e. The number of nitrogens with zero attached hydrogens (tertiary/aromatic N) is 3. The van der Waals surface area contributed by atoms with Crippen LogP contribution in [0.3, 0.4) is 0 Å². The van der Waals surface area contributed by atoms with E-state index in [1.165, 1.54) is 4.90 Å². The van der Waals surface area contributed by atoms with Gasteiger partial charge < -0.3 is 20.9 Å². The molecule has 1 aliphatic carbocycles. The molecule has 0 radical (unpaired) electrons. The summed E-state index contributed by atoms with van der Waals surface area (Å²) in [4.78, 5) is 55.9. The molecule has 160 valence electrons. The maximum Gasteiger partial charge on any atom is 0.325 e. The molecule has 2 aliphatic heterocycles. The normalized spacial score (nSPS) is 20.5. The molecule has 0 unspecified atom stereocenters. The van der Waals surface area contributed by atoms with E-state index >= 15 is 0 Å². The Hall–Kier alpha value is -3.17. The predicted molar refractivity (Wildman–Crippen MR) is 109 cm³/mol. The van der Waals surface area contributed by atoms with Crippen molar-refractivity contribution in [2.24, 2.45) is 0 Å². The molecule has 10 heteroatoms. The maximum absolute atomic E-state index is 12.6. The summed E-state index contributed by atoms with van der Waals surface area (Å²) < 4.78 is 0. The third kappa shape index (κ3) is 4.07. The van der Waals surface area contributed by atoms with E-state index in [1.54, 1.807) is 18.3 Å². The molecule has 4 rings (SSSR count). The Kier molecular flexibility index (Phi) is 5.56. The van der Waals surface area contributed by atoms with Crippen LogP contribution in [0.4, 0.5) is 16.3 Å². The molecule has 1 aromatic rings. The van der Waals surface area contributed by atoms with Gasteiger partial charge in [-0.05, 0) is 31.4 Å². The fourth-order valence-corrected chi connectivity index (χ4v) is 4.30. The van der Waals surface area contributed by atoms with Crippen LogP contribution < -0.4 is 20.9 Å². The van der Waals surface area contributed by atoms with E-state index in [-0.39, 0.29) is 43.3 Å². The van der Waals surface area contributed by atoms with E-state index in [0.717, 1.165) is 12.8 Å². The summed E-state index contributed by atoms with van der Waals surface area (Å²) in [5.74, 6) is 0.285. The number of anilines is 2. The van der Waals surface area contributed by atoms with Crippen molar-refractivity contribution in [3.05, 3.63) is 18.3 Å². The van der Waals surface area contributed by atoms with Crippen LogP contribution in [-0.4, -0.2) is 65.4 Å². The van der Waals surface area contributed by atoms with Crippen LogP contribution >= 0.6 is 0 Å². The SMILES string of the molecule is O=C1CN(c2ccc(NC(=O)CCCN3C(=O)NC4(CCCC4)C3=O)cn2)CCN1. The molecule has 3 fully saturated rings. The number of urea groups is 1. The summed E-state index contributed by atoms with van der Waals surface area (Å²) in [5.41, 5.74) is -0.146. The fraction of sp³-hybridized carbons (Fsp3) is 0.550. The minimum Gasteiger partial charge on any atom is -0.353 e. The molecule has 0 aromatic carbocycles. The van der Waals surface area contributed by atoms with E-state index in [9.17, 15) is 19.2 Å². The number of nitrogens with one attached hydrogen (secondary N) is 3. The molecular weight excluding hydrogens is 388 g/mol. The number of pyridine rings is 1. The van der Waals surface area contributed by atoms with Gasteiger partial charge in [-0.1, -0.05) is 12.8 Å². The molecule has 3 N–H and O–H groups in total. The topological polar surface area (TPSA) is 124 Å². The van der Waals surface area contributed by atoms with Crippen LogP contribution in [0.25, 0.3) is 0 Å². The Morgan fingerprint density at radius 3 is 2.70 bits per heavy atom. The molecule has 30 heavy (non-hydrogen) atoms. The van der Waals surface area contributed by atoms with Gasteiger partial charge >= 0.3 is 6.03 Å². The Bertz CT molecular complexity index is 849. The molecule has 0 atom stereocenters. The molecule has 3 heterocycles. The van der Waals surface area contributed by atoms with Gasteiger partial charge in [-0.2, -0.15) is 0 Å². The number of piperazine rings is 1. The van der Waals surface area contributed by atoms with Gasteiger partial charge in [-0.15, -0.1) is 0 Å². The molecule has 2 saturated heterocycles. The van der Waals surface area contributed by atoms with E-state index < -0.39 is 5.54 Å². The van der Waals surface area contributed by atoms with Gasteiger partial charge in [0.1, 0.15) is 11.4 Å². The second-order valence-electron chi connectivity index (χ2n) is 8.00. The third-order valence-electron chi connectivity index (χ3n) is 5.88. The Balaban J connectivity index is 1.24. The molecule has 3 aliphatic rings. The smallest absolute Gasteiger partial charge is 0.325 e. The lowest BCUT2D eigenvalue weighted by Gasteiger charge is -2.27. The number of aromatic nitrogens is 1. The third-order valence-corrected chi connectivity index (χ3v) is 5.88. The van der Waals surface area contributed by atoms with Gasteiger partial charge in [-0.3, -0.25) is 19.3 Å². The number of carbonyl (C=O) groups excluding carboxylic acids is 4. The van der Waals surface area contributed by atoms with E-state index in [0.29, 0.717) is 43.9 Å². The minimum absolute atomic E-state index is 0.0375. The first-order chi connectivity index (χ1) is 14.5. The van der Waals surface area contributed by atoms with Gasteiger partial charge in [-0.25, -0.2) is 9.78 Å². The molecule has 10 nitrogen and oxygen atoms in total. The summed E-state index contributed by atoms with van der Waals surface area (Å²) in [5, 5.41) is 8.38. The maximum atomic E-state index is 12.6. The highest BCUT2D eigenvalue weighted by Gasteiger charge is 2.52.